The van der Waals surface area contributed by atoms with Crippen LogP contribution in [0.1, 0.15) is 34.8 Å². The van der Waals surface area contributed by atoms with Gasteiger partial charge in [0.05, 0.1) is 18.3 Å². The molecule has 1 atom stereocenters. The van der Waals surface area contributed by atoms with Crippen molar-refractivity contribution in [3.05, 3.63) is 40.6 Å². The summed E-state index contributed by atoms with van der Waals surface area (Å²) in [6, 6.07) is 5.43. The molecule has 112 valence electrons. The van der Waals surface area contributed by atoms with Gasteiger partial charge in [-0.25, -0.2) is 0 Å². The van der Waals surface area contributed by atoms with E-state index in [1.165, 1.54) is 0 Å². The lowest BCUT2D eigenvalue weighted by Gasteiger charge is -2.24. The van der Waals surface area contributed by atoms with Gasteiger partial charge in [-0.1, -0.05) is 0 Å². The molecule has 6 heteroatoms. The van der Waals surface area contributed by atoms with Gasteiger partial charge in [0.15, 0.2) is 11.0 Å². The lowest BCUT2D eigenvalue weighted by atomic mass is 10.2. The summed E-state index contributed by atoms with van der Waals surface area (Å²) < 4.78 is 7.21. The van der Waals surface area contributed by atoms with E-state index in [4.69, 9.17) is 16.0 Å². The van der Waals surface area contributed by atoms with E-state index in [2.05, 4.69) is 5.10 Å². The van der Waals surface area contributed by atoms with E-state index in [1.54, 1.807) is 12.1 Å². The van der Waals surface area contributed by atoms with Crippen LogP contribution in [0.25, 0.3) is 0 Å². The van der Waals surface area contributed by atoms with E-state index in [-0.39, 0.29) is 17.2 Å². The van der Waals surface area contributed by atoms with Crippen molar-refractivity contribution in [2.24, 2.45) is 0 Å². The third kappa shape index (κ3) is 2.83. The molecule has 0 bridgehead atoms. The summed E-state index contributed by atoms with van der Waals surface area (Å²) in [6.45, 7) is 5.49. The summed E-state index contributed by atoms with van der Waals surface area (Å²) in [7, 11) is 0. The SMILES string of the molecule is Cc1cc(C)n(CC2CCCN2C(=O)c2ccc(Cl)o2)n1. The molecule has 2 aromatic rings. The normalized spacial score (nSPS) is 18.4. The van der Waals surface area contributed by atoms with Crippen LogP contribution in [0.5, 0.6) is 0 Å². The molecule has 1 fully saturated rings. The Morgan fingerprint density at radius 2 is 2.29 bits per heavy atom. The molecule has 0 aliphatic carbocycles. The second-order valence-corrected chi connectivity index (χ2v) is 5.88. The summed E-state index contributed by atoms with van der Waals surface area (Å²) in [4.78, 5) is 14.4. The van der Waals surface area contributed by atoms with E-state index in [1.807, 2.05) is 29.5 Å². The maximum absolute atomic E-state index is 12.5. The van der Waals surface area contributed by atoms with Crippen LogP contribution in [0.4, 0.5) is 0 Å². The molecule has 3 rings (SSSR count). The van der Waals surface area contributed by atoms with Gasteiger partial charge in [-0.15, -0.1) is 0 Å². The molecule has 1 aliphatic rings. The van der Waals surface area contributed by atoms with Crippen LogP contribution >= 0.6 is 11.6 Å². The predicted octanol–water partition coefficient (Wildman–Crippen LogP) is 3.05. The van der Waals surface area contributed by atoms with Gasteiger partial charge in [0.2, 0.25) is 0 Å². The molecule has 3 heterocycles. The number of halogens is 1. The highest BCUT2D eigenvalue weighted by atomic mass is 35.5. The Morgan fingerprint density at radius 1 is 1.48 bits per heavy atom. The maximum atomic E-state index is 12.5. The van der Waals surface area contributed by atoms with Crippen molar-refractivity contribution in [2.75, 3.05) is 6.54 Å². The molecule has 2 aromatic heterocycles. The number of carbonyl (C=O) groups is 1. The topological polar surface area (TPSA) is 51.3 Å². The Balaban J connectivity index is 1.76. The number of hydrogen-bond acceptors (Lipinski definition) is 3. The molecule has 21 heavy (non-hydrogen) atoms. The van der Waals surface area contributed by atoms with Crippen LogP contribution in [0.3, 0.4) is 0 Å². The van der Waals surface area contributed by atoms with Crippen LogP contribution in [0, 0.1) is 13.8 Å². The molecule has 0 saturated carbocycles. The standard InChI is InChI=1S/C15H18ClN3O2/c1-10-8-11(2)19(17-10)9-12-4-3-7-18(12)15(20)13-5-6-14(16)21-13/h5-6,8,12H,3-4,7,9H2,1-2H3. The first-order valence-electron chi connectivity index (χ1n) is 7.12. The predicted molar refractivity (Wildman–Crippen MR) is 79.5 cm³/mol. The van der Waals surface area contributed by atoms with Gasteiger partial charge in [0.25, 0.3) is 5.91 Å². The molecule has 1 unspecified atom stereocenters. The molecule has 1 amide bonds. The number of aromatic nitrogens is 2. The third-order valence-corrected chi connectivity index (χ3v) is 4.11. The quantitative estimate of drug-likeness (QED) is 0.875. The summed E-state index contributed by atoms with van der Waals surface area (Å²) in [5.74, 6) is 0.214. The minimum atomic E-state index is -0.0917. The zero-order valence-corrected chi connectivity index (χ0v) is 12.9. The van der Waals surface area contributed by atoms with Gasteiger partial charge in [0, 0.05) is 12.2 Å². The van der Waals surface area contributed by atoms with Gasteiger partial charge >= 0.3 is 0 Å². The second-order valence-electron chi connectivity index (χ2n) is 5.51. The highest BCUT2D eigenvalue weighted by molar-refractivity contribution is 6.29. The highest BCUT2D eigenvalue weighted by Crippen LogP contribution is 2.23. The van der Waals surface area contributed by atoms with E-state index in [0.717, 1.165) is 37.3 Å². The monoisotopic (exact) mass is 307 g/mol. The van der Waals surface area contributed by atoms with E-state index in [9.17, 15) is 4.79 Å². The van der Waals surface area contributed by atoms with Crippen LogP contribution in [-0.4, -0.2) is 33.2 Å². The lowest BCUT2D eigenvalue weighted by molar-refractivity contribution is 0.0689. The fourth-order valence-electron chi connectivity index (χ4n) is 2.92. The van der Waals surface area contributed by atoms with Gasteiger partial charge in [-0.2, -0.15) is 5.10 Å². The summed E-state index contributed by atoms with van der Waals surface area (Å²) >= 11 is 5.75. The Labute approximate surface area is 128 Å². The number of furan rings is 1. The number of hydrogen-bond donors (Lipinski definition) is 0. The second kappa shape index (κ2) is 5.56. The molecular formula is C15H18ClN3O2. The zero-order valence-electron chi connectivity index (χ0n) is 12.2. The molecule has 1 saturated heterocycles. The smallest absolute Gasteiger partial charge is 0.289 e. The van der Waals surface area contributed by atoms with Crippen molar-refractivity contribution in [1.29, 1.82) is 0 Å². The third-order valence-electron chi connectivity index (χ3n) is 3.91. The van der Waals surface area contributed by atoms with Gasteiger partial charge in [0.1, 0.15) is 0 Å². The van der Waals surface area contributed by atoms with Gasteiger partial charge in [-0.3, -0.25) is 9.48 Å². The number of aryl methyl sites for hydroxylation is 2. The number of carbonyl (C=O) groups excluding carboxylic acids is 1. The van der Waals surface area contributed by atoms with Crippen molar-refractivity contribution in [3.63, 3.8) is 0 Å². The van der Waals surface area contributed by atoms with Crippen molar-refractivity contribution in [3.8, 4) is 0 Å². The average molecular weight is 308 g/mol. The lowest BCUT2D eigenvalue weighted by Crippen LogP contribution is -2.38. The number of rotatable bonds is 3. The summed E-state index contributed by atoms with van der Waals surface area (Å²) in [5, 5.41) is 4.72. The number of likely N-dealkylation sites (tertiary alicyclic amines) is 1. The number of nitrogens with zero attached hydrogens (tertiary/aromatic N) is 3. The van der Waals surface area contributed by atoms with E-state index >= 15 is 0 Å². The Bertz CT molecular complexity index is 662. The van der Waals surface area contributed by atoms with Crippen molar-refractivity contribution in [1.82, 2.24) is 14.7 Å². The van der Waals surface area contributed by atoms with Crippen molar-refractivity contribution >= 4 is 17.5 Å². The Kier molecular flexibility index (Phi) is 3.76. The van der Waals surface area contributed by atoms with Crippen LogP contribution in [0.2, 0.25) is 5.22 Å². The first-order valence-corrected chi connectivity index (χ1v) is 7.50. The fourth-order valence-corrected chi connectivity index (χ4v) is 3.07. The van der Waals surface area contributed by atoms with Crippen LogP contribution in [-0.2, 0) is 6.54 Å². The average Bonchev–Trinajstić information content (AvgIpc) is 3.12. The first kappa shape index (κ1) is 14.2. The Hall–Kier alpha value is -1.75. The fraction of sp³-hybridized carbons (Fsp3) is 0.467. The maximum Gasteiger partial charge on any atom is 0.289 e. The minimum Gasteiger partial charge on any atom is -0.440 e. The molecule has 0 N–H and O–H groups in total. The summed E-state index contributed by atoms with van der Waals surface area (Å²) in [5.41, 5.74) is 2.12. The number of amides is 1. The van der Waals surface area contributed by atoms with Gasteiger partial charge in [-0.05, 0) is 56.5 Å². The Morgan fingerprint density at radius 3 is 2.90 bits per heavy atom. The zero-order chi connectivity index (χ0) is 15.0. The van der Waals surface area contributed by atoms with Gasteiger partial charge < -0.3 is 9.32 Å². The van der Waals surface area contributed by atoms with Crippen molar-refractivity contribution in [2.45, 2.75) is 39.3 Å². The molecule has 0 radical (unpaired) electrons. The molecule has 1 aliphatic heterocycles. The highest BCUT2D eigenvalue weighted by Gasteiger charge is 2.31. The molecule has 5 nitrogen and oxygen atoms in total. The van der Waals surface area contributed by atoms with E-state index < -0.39 is 0 Å². The molecule has 0 aromatic carbocycles. The minimum absolute atomic E-state index is 0.0917. The molecular weight excluding hydrogens is 290 g/mol. The first-order chi connectivity index (χ1) is 10.0. The van der Waals surface area contributed by atoms with Crippen LogP contribution < -0.4 is 0 Å². The molecule has 0 spiro atoms. The summed E-state index contributed by atoms with van der Waals surface area (Å²) in [6.07, 6.45) is 1.99. The van der Waals surface area contributed by atoms with Crippen molar-refractivity contribution < 1.29 is 9.21 Å². The van der Waals surface area contributed by atoms with E-state index in [0.29, 0.717) is 5.76 Å². The largest absolute Gasteiger partial charge is 0.440 e. The van der Waals surface area contributed by atoms with Crippen LogP contribution in [0.15, 0.2) is 22.6 Å².